The first kappa shape index (κ1) is 14.3. The Morgan fingerprint density at radius 1 is 0.950 bits per heavy atom. The maximum absolute atomic E-state index is 13.4. The number of aliphatic hydroxyl groups excluding tert-OH is 1. The maximum atomic E-state index is 13.4. The second kappa shape index (κ2) is 5.92. The van der Waals surface area contributed by atoms with E-state index in [9.17, 15) is 9.50 Å². The summed E-state index contributed by atoms with van der Waals surface area (Å²) in [6.07, 6.45) is -0.913. The SMILES string of the molecule is COc1ccc(C(O)c2cc(C)cc(F)c2)cc1OC. The summed E-state index contributed by atoms with van der Waals surface area (Å²) in [5.74, 6) is 0.746. The molecule has 0 saturated carbocycles. The molecule has 1 N–H and O–H groups in total. The van der Waals surface area contributed by atoms with Gasteiger partial charge in [-0.25, -0.2) is 4.39 Å². The van der Waals surface area contributed by atoms with Gasteiger partial charge in [-0.05, 0) is 47.9 Å². The summed E-state index contributed by atoms with van der Waals surface area (Å²) in [5.41, 5.74) is 1.89. The van der Waals surface area contributed by atoms with Crippen molar-refractivity contribution in [2.45, 2.75) is 13.0 Å². The predicted molar refractivity (Wildman–Crippen MR) is 74.7 cm³/mol. The van der Waals surface area contributed by atoms with Gasteiger partial charge < -0.3 is 14.6 Å². The quantitative estimate of drug-likeness (QED) is 0.931. The van der Waals surface area contributed by atoms with E-state index in [1.165, 1.54) is 19.2 Å². The molecule has 0 heterocycles. The predicted octanol–water partition coefficient (Wildman–Crippen LogP) is 3.23. The van der Waals surface area contributed by atoms with Gasteiger partial charge in [0.05, 0.1) is 14.2 Å². The second-order valence-corrected chi connectivity index (χ2v) is 4.58. The van der Waals surface area contributed by atoms with Crippen LogP contribution in [-0.4, -0.2) is 19.3 Å². The molecule has 0 bridgehead atoms. The van der Waals surface area contributed by atoms with Crippen molar-refractivity contribution in [2.24, 2.45) is 0 Å². The summed E-state index contributed by atoms with van der Waals surface area (Å²) < 4.78 is 23.8. The van der Waals surface area contributed by atoms with E-state index in [1.54, 1.807) is 38.3 Å². The molecule has 0 spiro atoms. The van der Waals surface area contributed by atoms with Crippen LogP contribution in [0, 0.1) is 12.7 Å². The van der Waals surface area contributed by atoms with Crippen molar-refractivity contribution in [3.63, 3.8) is 0 Å². The van der Waals surface area contributed by atoms with Gasteiger partial charge in [0, 0.05) is 0 Å². The highest BCUT2D eigenvalue weighted by atomic mass is 19.1. The zero-order valence-electron chi connectivity index (χ0n) is 11.7. The van der Waals surface area contributed by atoms with Gasteiger partial charge >= 0.3 is 0 Å². The molecular formula is C16H17FO3. The molecule has 0 saturated heterocycles. The molecule has 0 radical (unpaired) electrons. The molecule has 0 fully saturated rings. The van der Waals surface area contributed by atoms with Crippen LogP contribution in [0.25, 0.3) is 0 Å². The zero-order valence-corrected chi connectivity index (χ0v) is 11.7. The van der Waals surface area contributed by atoms with E-state index in [2.05, 4.69) is 0 Å². The molecule has 2 aromatic rings. The lowest BCUT2D eigenvalue weighted by atomic mass is 9.99. The van der Waals surface area contributed by atoms with E-state index >= 15 is 0 Å². The monoisotopic (exact) mass is 276 g/mol. The van der Waals surface area contributed by atoms with Gasteiger partial charge in [-0.15, -0.1) is 0 Å². The number of aliphatic hydroxyl groups is 1. The number of methoxy groups -OCH3 is 2. The average molecular weight is 276 g/mol. The first-order valence-corrected chi connectivity index (χ1v) is 6.22. The molecule has 4 heteroatoms. The normalized spacial score (nSPS) is 12.1. The fourth-order valence-electron chi connectivity index (χ4n) is 2.14. The highest BCUT2D eigenvalue weighted by Gasteiger charge is 2.14. The Morgan fingerprint density at radius 2 is 1.65 bits per heavy atom. The summed E-state index contributed by atoms with van der Waals surface area (Å²) in [7, 11) is 3.07. The first-order valence-electron chi connectivity index (χ1n) is 6.22. The van der Waals surface area contributed by atoms with Crippen molar-refractivity contribution >= 4 is 0 Å². The molecule has 20 heavy (non-hydrogen) atoms. The maximum Gasteiger partial charge on any atom is 0.161 e. The highest BCUT2D eigenvalue weighted by Crippen LogP contribution is 2.32. The number of halogens is 1. The Balaban J connectivity index is 2.39. The molecule has 0 aliphatic heterocycles. The number of aryl methyl sites for hydroxylation is 1. The van der Waals surface area contributed by atoms with Crippen molar-refractivity contribution in [1.82, 2.24) is 0 Å². The Labute approximate surface area is 117 Å². The largest absolute Gasteiger partial charge is 0.493 e. The van der Waals surface area contributed by atoms with Gasteiger partial charge in [0.25, 0.3) is 0 Å². The number of rotatable bonds is 4. The summed E-state index contributed by atoms with van der Waals surface area (Å²) in [6, 6.07) is 9.63. The molecule has 1 atom stereocenters. The van der Waals surface area contributed by atoms with Crippen molar-refractivity contribution < 1.29 is 19.0 Å². The van der Waals surface area contributed by atoms with Crippen molar-refractivity contribution in [2.75, 3.05) is 14.2 Å². The van der Waals surface area contributed by atoms with E-state index < -0.39 is 6.10 Å². The molecule has 0 aliphatic rings. The lowest BCUT2D eigenvalue weighted by Crippen LogP contribution is -2.02. The molecule has 2 rings (SSSR count). The first-order chi connectivity index (χ1) is 9.55. The minimum absolute atomic E-state index is 0.362. The van der Waals surface area contributed by atoms with E-state index in [-0.39, 0.29) is 5.82 Å². The number of ether oxygens (including phenoxy) is 2. The summed E-state index contributed by atoms with van der Waals surface area (Å²) in [4.78, 5) is 0. The van der Waals surface area contributed by atoms with Crippen LogP contribution in [0.2, 0.25) is 0 Å². The molecule has 2 aromatic carbocycles. The van der Waals surface area contributed by atoms with Crippen LogP contribution in [-0.2, 0) is 0 Å². The smallest absolute Gasteiger partial charge is 0.161 e. The average Bonchev–Trinajstić information content (AvgIpc) is 2.44. The van der Waals surface area contributed by atoms with Crippen LogP contribution in [0.1, 0.15) is 22.8 Å². The Kier molecular flexibility index (Phi) is 4.25. The zero-order chi connectivity index (χ0) is 14.7. The molecule has 106 valence electrons. The number of benzene rings is 2. The fraction of sp³-hybridized carbons (Fsp3) is 0.250. The molecular weight excluding hydrogens is 259 g/mol. The number of hydrogen-bond acceptors (Lipinski definition) is 3. The van der Waals surface area contributed by atoms with Gasteiger partial charge in [-0.3, -0.25) is 0 Å². The fourth-order valence-corrected chi connectivity index (χ4v) is 2.14. The minimum Gasteiger partial charge on any atom is -0.493 e. The standard InChI is InChI=1S/C16H17FO3/c1-10-6-12(8-13(17)7-10)16(18)11-4-5-14(19-2)15(9-11)20-3/h4-9,16,18H,1-3H3. The summed E-state index contributed by atoms with van der Waals surface area (Å²) in [5, 5.41) is 10.4. The Hall–Kier alpha value is -2.07. The second-order valence-electron chi connectivity index (χ2n) is 4.58. The summed E-state index contributed by atoms with van der Waals surface area (Å²) in [6.45, 7) is 1.79. The van der Waals surface area contributed by atoms with Crippen LogP contribution < -0.4 is 9.47 Å². The lowest BCUT2D eigenvalue weighted by molar-refractivity contribution is 0.219. The molecule has 1 unspecified atom stereocenters. The van der Waals surface area contributed by atoms with Crippen LogP contribution in [0.5, 0.6) is 11.5 Å². The molecule has 0 amide bonds. The summed E-state index contributed by atoms with van der Waals surface area (Å²) >= 11 is 0. The van der Waals surface area contributed by atoms with Crippen molar-refractivity contribution in [3.8, 4) is 11.5 Å². The van der Waals surface area contributed by atoms with Crippen LogP contribution >= 0.6 is 0 Å². The lowest BCUT2D eigenvalue weighted by Gasteiger charge is -2.15. The van der Waals surface area contributed by atoms with Crippen LogP contribution in [0.15, 0.2) is 36.4 Å². The number of hydrogen-bond donors (Lipinski definition) is 1. The van der Waals surface area contributed by atoms with E-state index in [4.69, 9.17) is 9.47 Å². The van der Waals surface area contributed by atoms with Gasteiger partial charge in [0.2, 0.25) is 0 Å². The van der Waals surface area contributed by atoms with E-state index in [1.807, 2.05) is 0 Å². The van der Waals surface area contributed by atoms with Gasteiger partial charge in [-0.1, -0.05) is 12.1 Å². The molecule has 0 aromatic heterocycles. The topological polar surface area (TPSA) is 38.7 Å². The van der Waals surface area contributed by atoms with E-state index in [0.717, 1.165) is 5.56 Å². The molecule has 3 nitrogen and oxygen atoms in total. The minimum atomic E-state index is -0.913. The third kappa shape index (κ3) is 2.91. The Morgan fingerprint density at radius 3 is 2.25 bits per heavy atom. The van der Waals surface area contributed by atoms with Crippen LogP contribution in [0.3, 0.4) is 0 Å². The van der Waals surface area contributed by atoms with Crippen LogP contribution in [0.4, 0.5) is 4.39 Å². The van der Waals surface area contributed by atoms with Gasteiger partial charge in [0.1, 0.15) is 11.9 Å². The third-order valence-electron chi connectivity index (χ3n) is 3.10. The third-order valence-corrected chi connectivity index (χ3v) is 3.10. The molecule has 0 aliphatic carbocycles. The highest BCUT2D eigenvalue weighted by molar-refractivity contribution is 5.45. The van der Waals surface area contributed by atoms with Crippen molar-refractivity contribution in [3.05, 3.63) is 58.9 Å². The van der Waals surface area contributed by atoms with Gasteiger partial charge in [0.15, 0.2) is 11.5 Å². The van der Waals surface area contributed by atoms with E-state index in [0.29, 0.717) is 22.6 Å². The van der Waals surface area contributed by atoms with Crippen molar-refractivity contribution in [1.29, 1.82) is 0 Å². The van der Waals surface area contributed by atoms with Gasteiger partial charge in [-0.2, -0.15) is 0 Å². The Bertz CT molecular complexity index is 590.